The molecular weight excluding hydrogens is 222 g/mol. The molecule has 0 saturated carbocycles. The van der Waals surface area contributed by atoms with E-state index in [0.29, 0.717) is 17.0 Å². The molecule has 2 rings (SSSR count). The Morgan fingerprint density at radius 1 is 1.53 bits per heavy atom. The minimum Gasteiger partial charge on any atom is -0.478 e. The first kappa shape index (κ1) is 11.6. The molecule has 90 valence electrons. The van der Waals surface area contributed by atoms with E-state index < -0.39 is 5.97 Å². The largest absolute Gasteiger partial charge is 0.478 e. The molecule has 0 saturated heterocycles. The van der Waals surface area contributed by atoms with Crippen LogP contribution in [0.25, 0.3) is 11.1 Å². The zero-order valence-corrected chi connectivity index (χ0v) is 9.64. The van der Waals surface area contributed by atoms with Crippen LogP contribution < -0.4 is 0 Å². The van der Waals surface area contributed by atoms with Crippen LogP contribution in [0.2, 0.25) is 0 Å². The number of aromatic carboxylic acids is 1. The van der Waals surface area contributed by atoms with Crippen LogP contribution >= 0.6 is 0 Å². The molecule has 17 heavy (non-hydrogen) atoms. The number of rotatable bonds is 4. The minimum absolute atomic E-state index is 0.0731. The lowest BCUT2D eigenvalue weighted by molar-refractivity contribution is 0.0525. The highest BCUT2D eigenvalue weighted by atomic mass is 16.5. The van der Waals surface area contributed by atoms with Crippen molar-refractivity contribution in [2.45, 2.75) is 26.6 Å². The van der Waals surface area contributed by atoms with Crippen LogP contribution in [-0.4, -0.2) is 22.2 Å². The van der Waals surface area contributed by atoms with Crippen molar-refractivity contribution in [3.8, 4) is 0 Å². The molecule has 2 aromatic rings. The molecule has 0 unspecified atom stereocenters. The number of carboxylic acid groups (broad SMARTS) is 1. The van der Waals surface area contributed by atoms with E-state index in [4.69, 9.17) is 14.3 Å². The van der Waals surface area contributed by atoms with Crippen molar-refractivity contribution in [2.24, 2.45) is 0 Å². The number of fused-ring (bicyclic) bond motifs is 1. The Morgan fingerprint density at radius 3 is 2.94 bits per heavy atom. The Kier molecular flexibility index (Phi) is 3.10. The Labute approximate surface area is 98.0 Å². The third-order valence-corrected chi connectivity index (χ3v) is 2.23. The van der Waals surface area contributed by atoms with Gasteiger partial charge in [-0.15, -0.1) is 0 Å². The summed E-state index contributed by atoms with van der Waals surface area (Å²) in [5, 5.41) is 9.00. The van der Waals surface area contributed by atoms with Gasteiger partial charge in [0, 0.05) is 0 Å². The Morgan fingerprint density at radius 2 is 2.29 bits per heavy atom. The van der Waals surface area contributed by atoms with Crippen molar-refractivity contribution in [2.75, 3.05) is 0 Å². The van der Waals surface area contributed by atoms with Gasteiger partial charge in [0.25, 0.3) is 0 Å². The van der Waals surface area contributed by atoms with Gasteiger partial charge >= 0.3 is 5.97 Å². The normalized spacial score (nSPS) is 11.2. The molecule has 0 bridgehead atoms. The number of aromatic nitrogens is 1. The second-order valence-electron chi connectivity index (χ2n) is 3.92. The van der Waals surface area contributed by atoms with Crippen molar-refractivity contribution < 1.29 is 19.1 Å². The average molecular weight is 235 g/mol. The van der Waals surface area contributed by atoms with Gasteiger partial charge in [-0.2, -0.15) is 0 Å². The molecule has 0 atom stereocenters. The maximum atomic E-state index is 11.0. The molecule has 1 aromatic heterocycles. The minimum atomic E-state index is -1.01. The number of ether oxygens (including phenoxy) is 1. The first-order chi connectivity index (χ1) is 8.08. The van der Waals surface area contributed by atoms with Gasteiger partial charge in [-0.3, -0.25) is 0 Å². The number of carboxylic acids is 1. The second-order valence-corrected chi connectivity index (χ2v) is 3.92. The van der Waals surface area contributed by atoms with E-state index in [-0.39, 0.29) is 18.3 Å². The highest BCUT2D eigenvalue weighted by molar-refractivity contribution is 6.00. The smallest absolute Gasteiger partial charge is 0.338 e. The summed E-state index contributed by atoms with van der Waals surface area (Å²) in [6, 6.07) is 4.82. The van der Waals surface area contributed by atoms with Crippen molar-refractivity contribution >= 4 is 17.1 Å². The van der Waals surface area contributed by atoms with Crippen LogP contribution in [0.15, 0.2) is 22.6 Å². The van der Waals surface area contributed by atoms with Gasteiger partial charge in [0.05, 0.1) is 11.7 Å². The first-order valence-electron chi connectivity index (χ1n) is 5.31. The number of para-hydroxylation sites is 1. The third kappa shape index (κ3) is 2.45. The van der Waals surface area contributed by atoms with Crippen LogP contribution in [0.1, 0.15) is 30.1 Å². The Bertz CT molecular complexity index is 544. The summed E-state index contributed by atoms with van der Waals surface area (Å²) in [6.45, 7) is 4.06. The van der Waals surface area contributed by atoms with Crippen molar-refractivity contribution in [1.29, 1.82) is 0 Å². The van der Waals surface area contributed by atoms with Gasteiger partial charge in [0.2, 0.25) is 5.89 Å². The first-order valence-corrected chi connectivity index (χ1v) is 5.31. The van der Waals surface area contributed by atoms with Crippen LogP contribution in [0.5, 0.6) is 0 Å². The van der Waals surface area contributed by atoms with Gasteiger partial charge in [0.15, 0.2) is 5.58 Å². The number of benzene rings is 1. The molecule has 0 aliphatic rings. The Hall–Kier alpha value is -1.88. The average Bonchev–Trinajstić information content (AvgIpc) is 2.68. The maximum Gasteiger partial charge on any atom is 0.338 e. The van der Waals surface area contributed by atoms with Crippen molar-refractivity contribution in [1.82, 2.24) is 4.98 Å². The molecule has 5 heteroatoms. The molecule has 1 aromatic carbocycles. The van der Waals surface area contributed by atoms with Crippen molar-refractivity contribution in [3.05, 3.63) is 29.7 Å². The molecule has 0 amide bonds. The SMILES string of the molecule is CC(C)OCc1nc2c(C(=O)O)cccc2o1. The Balaban J connectivity index is 2.36. The van der Waals surface area contributed by atoms with E-state index in [9.17, 15) is 4.79 Å². The van der Waals surface area contributed by atoms with Crippen molar-refractivity contribution in [3.63, 3.8) is 0 Å². The quantitative estimate of drug-likeness (QED) is 0.881. The monoisotopic (exact) mass is 235 g/mol. The summed E-state index contributed by atoms with van der Waals surface area (Å²) in [4.78, 5) is 15.1. The van der Waals surface area contributed by atoms with E-state index in [1.165, 1.54) is 6.07 Å². The fraction of sp³-hybridized carbons (Fsp3) is 0.333. The lowest BCUT2D eigenvalue weighted by atomic mass is 10.2. The summed E-state index contributed by atoms with van der Waals surface area (Å²) < 4.78 is 10.8. The third-order valence-electron chi connectivity index (χ3n) is 2.23. The molecule has 5 nitrogen and oxygen atoms in total. The summed E-state index contributed by atoms with van der Waals surface area (Å²) in [5.41, 5.74) is 0.969. The highest BCUT2D eigenvalue weighted by Crippen LogP contribution is 2.20. The van der Waals surface area contributed by atoms with Crippen LogP contribution in [0, 0.1) is 0 Å². The molecule has 0 spiro atoms. The molecule has 0 aliphatic carbocycles. The van der Waals surface area contributed by atoms with Crippen LogP contribution in [0.3, 0.4) is 0 Å². The molecular formula is C12H13NO4. The van der Waals surface area contributed by atoms with Gasteiger partial charge in [-0.25, -0.2) is 9.78 Å². The van der Waals surface area contributed by atoms with E-state index in [1.54, 1.807) is 12.1 Å². The van der Waals surface area contributed by atoms with Gasteiger partial charge in [-0.1, -0.05) is 6.07 Å². The van der Waals surface area contributed by atoms with Gasteiger partial charge in [-0.05, 0) is 26.0 Å². The number of nitrogens with zero attached hydrogens (tertiary/aromatic N) is 1. The van der Waals surface area contributed by atoms with Gasteiger partial charge < -0.3 is 14.3 Å². The highest BCUT2D eigenvalue weighted by Gasteiger charge is 2.14. The molecule has 1 N–H and O–H groups in total. The van der Waals surface area contributed by atoms with E-state index >= 15 is 0 Å². The molecule has 0 radical (unpaired) electrons. The van der Waals surface area contributed by atoms with Crippen LogP contribution in [0.4, 0.5) is 0 Å². The van der Waals surface area contributed by atoms with E-state index in [0.717, 1.165) is 0 Å². The standard InChI is InChI=1S/C12H13NO4/c1-7(2)16-6-10-13-11-8(12(14)15)4-3-5-9(11)17-10/h3-5,7H,6H2,1-2H3,(H,14,15). The lowest BCUT2D eigenvalue weighted by Gasteiger charge is -2.02. The number of oxazole rings is 1. The fourth-order valence-corrected chi connectivity index (χ4v) is 1.47. The number of carbonyl (C=O) groups is 1. The molecule has 0 aliphatic heterocycles. The zero-order valence-electron chi connectivity index (χ0n) is 9.64. The predicted octanol–water partition coefficient (Wildman–Crippen LogP) is 2.45. The maximum absolute atomic E-state index is 11.0. The second kappa shape index (κ2) is 4.55. The summed E-state index contributed by atoms with van der Waals surface area (Å²) in [7, 11) is 0. The van der Waals surface area contributed by atoms with Crippen LogP contribution in [-0.2, 0) is 11.3 Å². The summed E-state index contributed by atoms with van der Waals surface area (Å²) in [6.07, 6.45) is 0.0731. The number of hydrogen-bond donors (Lipinski definition) is 1. The fourth-order valence-electron chi connectivity index (χ4n) is 1.47. The van der Waals surface area contributed by atoms with Gasteiger partial charge in [0.1, 0.15) is 12.1 Å². The molecule has 1 heterocycles. The van der Waals surface area contributed by atoms with E-state index in [1.807, 2.05) is 13.8 Å². The summed E-state index contributed by atoms with van der Waals surface area (Å²) >= 11 is 0. The predicted molar refractivity (Wildman–Crippen MR) is 60.9 cm³/mol. The lowest BCUT2D eigenvalue weighted by Crippen LogP contribution is -2.02. The zero-order chi connectivity index (χ0) is 12.4. The summed E-state index contributed by atoms with van der Waals surface area (Å²) in [5.74, 6) is -0.623. The topological polar surface area (TPSA) is 72.6 Å². The molecule has 0 fully saturated rings. The number of hydrogen-bond acceptors (Lipinski definition) is 4. The van der Waals surface area contributed by atoms with E-state index in [2.05, 4.69) is 4.98 Å².